The van der Waals surface area contributed by atoms with Crippen molar-refractivity contribution in [1.82, 2.24) is 14.9 Å². The number of rotatable bonds is 5. The third-order valence-electron chi connectivity index (χ3n) is 5.78. The Balaban J connectivity index is 1.27. The first-order valence-electron chi connectivity index (χ1n) is 10.6. The highest BCUT2D eigenvalue weighted by atomic mass is 16.6. The molecule has 0 atom stereocenters. The molecule has 0 N–H and O–H groups in total. The Morgan fingerprint density at radius 1 is 1.16 bits per heavy atom. The first-order chi connectivity index (χ1) is 15.2. The third kappa shape index (κ3) is 4.25. The summed E-state index contributed by atoms with van der Waals surface area (Å²) in [5.74, 6) is 2.26. The first-order valence-corrected chi connectivity index (χ1v) is 10.6. The van der Waals surface area contributed by atoms with E-state index in [1.807, 2.05) is 24.4 Å². The molecule has 0 spiro atoms. The molecule has 158 valence electrons. The van der Waals surface area contributed by atoms with Crippen LogP contribution < -0.4 is 0 Å². The van der Waals surface area contributed by atoms with Crippen LogP contribution in [0, 0.1) is 10.1 Å². The van der Waals surface area contributed by atoms with Crippen LogP contribution in [0.5, 0.6) is 0 Å². The summed E-state index contributed by atoms with van der Waals surface area (Å²) in [4.78, 5) is 26.9. The van der Waals surface area contributed by atoms with Crippen LogP contribution in [0.1, 0.15) is 42.1 Å². The molecule has 0 unspecified atom stereocenters. The minimum atomic E-state index is -0.396. The fraction of sp³-hybridized carbons (Fsp3) is 0.348. The van der Waals surface area contributed by atoms with Gasteiger partial charge in [0.2, 0.25) is 0 Å². The molecule has 8 nitrogen and oxygen atoms in total. The van der Waals surface area contributed by atoms with Gasteiger partial charge in [-0.05, 0) is 31.4 Å². The van der Waals surface area contributed by atoms with Crippen molar-refractivity contribution < 1.29 is 9.34 Å². The van der Waals surface area contributed by atoms with E-state index in [0.717, 1.165) is 73.9 Å². The lowest BCUT2D eigenvalue weighted by atomic mass is 10.1. The Morgan fingerprint density at radius 2 is 2.10 bits per heavy atom. The zero-order valence-corrected chi connectivity index (χ0v) is 17.2. The monoisotopic (exact) mass is 417 g/mol. The summed E-state index contributed by atoms with van der Waals surface area (Å²) in [5, 5.41) is 11.0. The van der Waals surface area contributed by atoms with Crippen molar-refractivity contribution in [3.8, 4) is 11.3 Å². The zero-order valence-electron chi connectivity index (χ0n) is 17.2. The lowest BCUT2D eigenvalue weighted by Gasteiger charge is -2.27. The number of nitro benzene ring substituents is 1. The van der Waals surface area contributed by atoms with Crippen molar-refractivity contribution in [2.75, 3.05) is 13.1 Å². The van der Waals surface area contributed by atoms with Crippen LogP contribution in [0.2, 0.25) is 0 Å². The smallest absolute Gasteiger partial charge is 0.270 e. The maximum atomic E-state index is 11.0. The number of nitro groups is 1. The van der Waals surface area contributed by atoms with Crippen LogP contribution in [-0.4, -0.2) is 38.6 Å². The number of furan rings is 1. The van der Waals surface area contributed by atoms with Crippen molar-refractivity contribution in [3.63, 3.8) is 0 Å². The molecule has 0 saturated carbocycles. The van der Waals surface area contributed by atoms with Crippen LogP contribution in [0.25, 0.3) is 11.3 Å². The van der Waals surface area contributed by atoms with Gasteiger partial charge in [0.25, 0.3) is 5.69 Å². The molecule has 5 rings (SSSR count). The highest BCUT2D eigenvalue weighted by Gasteiger charge is 2.21. The third-order valence-corrected chi connectivity index (χ3v) is 5.78. The molecule has 0 saturated heterocycles. The average molecular weight is 417 g/mol. The van der Waals surface area contributed by atoms with E-state index >= 15 is 0 Å². The molecule has 2 aliphatic rings. The fourth-order valence-corrected chi connectivity index (χ4v) is 4.14. The van der Waals surface area contributed by atoms with Crippen molar-refractivity contribution in [1.29, 1.82) is 0 Å². The minimum absolute atomic E-state index is 0.0571. The number of fused-ring (bicyclic) bond motifs is 1. The molecule has 0 aliphatic carbocycles. The highest BCUT2D eigenvalue weighted by molar-refractivity contribution is 5.97. The topological polar surface area (TPSA) is 97.7 Å². The Hall–Kier alpha value is -3.39. The number of hydrogen-bond donors (Lipinski definition) is 0. The number of benzene rings is 1. The van der Waals surface area contributed by atoms with Crippen LogP contribution in [0.3, 0.4) is 0 Å². The van der Waals surface area contributed by atoms with Crippen molar-refractivity contribution in [2.24, 2.45) is 4.99 Å². The van der Waals surface area contributed by atoms with Gasteiger partial charge >= 0.3 is 0 Å². The summed E-state index contributed by atoms with van der Waals surface area (Å²) in [6.45, 7) is 3.21. The van der Waals surface area contributed by atoms with Gasteiger partial charge in [-0.1, -0.05) is 12.1 Å². The van der Waals surface area contributed by atoms with Gasteiger partial charge in [0, 0.05) is 55.5 Å². The van der Waals surface area contributed by atoms with Crippen LogP contribution in [-0.2, 0) is 19.5 Å². The summed E-state index contributed by atoms with van der Waals surface area (Å²) >= 11 is 0. The normalized spacial score (nSPS) is 16.6. The van der Waals surface area contributed by atoms with E-state index in [0.29, 0.717) is 17.9 Å². The molecule has 2 aromatic heterocycles. The number of nitrogens with zero attached hydrogens (tertiary/aromatic N) is 5. The van der Waals surface area contributed by atoms with Crippen LogP contribution >= 0.6 is 0 Å². The molecule has 0 fully saturated rings. The van der Waals surface area contributed by atoms with E-state index in [9.17, 15) is 10.1 Å². The molecular formula is C23H23N5O3. The van der Waals surface area contributed by atoms with Crippen molar-refractivity contribution in [2.45, 2.75) is 38.8 Å². The van der Waals surface area contributed by atoms with E-state index < -0.39 is 4.92 Å². The number of non-ortho nitro benzene ring substituents is 1. The Kier molecular flexibility index (Phi) is 5.30. The molecular weight excluding hydrogens is 394 g/mol. The SMILES string of the molecule is O=[N+]([O-])c1cccc(-c2ccc(CN3CCc4nc(C5=NCCCC5)ncc4C3)o2)c1. The average Bonchev–Trinajstić information content (AvgIpc) is 3.28. The molecule has 3 aromatic rings. The number of hydrogen-bond acceptors (Lipinski definition) is 7. The maximum absolute atomic E-state index is 11.0. The minimum Gasteiger partial charge on any atom is -0.460 e. The van der Waals surface area contributed by atoms with Crippen molar-refractivity contribution >= 4 is 11.4 Å². The van der Waals surface area contributed by atoms with E-state index in [1.165, 1.54) is 12.1 Å². The molecule has 4 heterocycles. The van der Waals surface area contributed by atoms with Crippen molar-refractivity contribution in [3.05, 3.63) is 75.6 Å². The molecule has 2 aliphatic heterocycles. The Labute approximate surface area is 179 Å². The van der Waals surface area contributed by atoms with E-state index in [4.69, 9.17) is 9.40 Å². The van der Waals surface area contributed by atoms with Gasteiger partial charge in [0.1, 0.15) is 11.5 Å². The fourth-order valence-electron chi connectivity index (χ4n) is 4.14. The molecule has 0 radical (unpaired) electrons. The standard InChI is InChI=1S/C23H23N5O3/c29-28(30)18-5-3-4-16(12-18)22-8-7-19(31-22)15-27-11-9-20-17(14-27)13-25-23(26-20)21-6-1-2-10-24-21/h3-5,7-8,12-13H,1-2,6,9-11,14-15H2. The predicted octanol–water partition coefficient (Wildman–Crippen LogP) is 4.18. The predicted molar refractivity (Wildman–Crippen MR) is 116 cm³/mol. The van der Waals surface area contributed by atoms with Gasteiger partial charge in [-0.15, -0.1) is 0 Å². The molecule has 1 aromatic carbocycles. The molecule has 0 amide bonds. The summed E-state index contributed by atoms with van der Waals surface area (Å²) in [7, 11) is 0. The summed E-state index contributed by atoms with van der Waals surface area (Å²) in [6, 6.07) is 10.3. The van der Waals surface area contributed by atoms with Gasteiger partial charge < -0.3 is 4.42 Å². The second-order valence-corrected chi connectivity index (χ2v) is 7.99. The van der Waals surface area contributed by atoms with E-state index in [-0.39, 0.29) is 5.69 Å². The molecule has 31 heavy (non-hydrogen) atoms. The second-order valence-electron chi connectivity index (χ2n) is 7.99. The second kappa shape index (κ2) is 8.39. The van der Waals surface area contributed by atoms with E-state index in [1.54, 1.807) is 6.07 Å². The summed E-state index contributed by atoms with van der Waals surface area (Å²) < 4.78 is 5.98. The summed E-state index contributed by atoms with van der Waals surface area (Å²) in [5.41, 5.74) is 4.07. The van der Waals surface area contributed by atoms with Gasteiger partial charge in [0.15, 0.2) is 5.82 Å². The molecule has 8 heteroatoms. The highest BCUT2D eigenvalue weighted by Crippen LogP contribution is 2.27. The largest absolute Gasteiger partial charge is 0.460 e. The van der Waals surface area contributed by atoms with E-state index in [2.05, 4.69) is 14.9 Å². The first kappa shape index (κ1) is 19.6. The number of aliphatic imine (C=N–C) groups is 1. The van der Waals surface area contributed by atoms with Crippen LogP contribution in [0.15, 0.2) is 52.0 Å². The zero-order chi connectivity index (χ0) is 21.2. The maximum Gasteiger partial charge on any atom is 0.270 e. The molecule has 0 bridgehead atoms. The van der Waals surface area contributed by atoms with Gasteiger partial charge in [-0.2, -0.15) is 0 Å². The Bertz CT molecular complexity index is 1150. The van der Waals surface area contributed by atoms with Gasteiger partial charge in [-0.3, -0.25) is 20.0 Å². The summed E-state index contributed by atoms with van der Waals surface area (Å²) in [6.07, 6.45) is 6.10. The Morgan fingerprint density at radius 3 is 2.94 bits per heavy atom. The quantitative estimate of drug-likeness (QED) is 0.456. The lowest BCUT2D eigenvalue weighted by molar-refractivity contribution is -0.384. The van der Waals surface area contributed by atoms with Crippen LogP contribution in [0.4, 0.5) is 5.69 Å². The van der Waals surface area contributed by atoms with Gasteiger partial charge in [-0.25, -0.2) is 9.97 Å². The lowest BCUT2D eigenvalue weighted by Crippen LogP contribution is -2.31. The van der Waals surface area contributed by atoms with Gasteiger partial charge in [0.05, 0.1) is 22.9 Å². The number of aromatic nitrogens is 2.